The molecule has 3 N–H and O–H groups in total. The number of esters is 1. The highest BCUT2D eigenvalue weighted by molar-refractivity contribution is 5.96. The molecule has 3 heterocycles. The number of para-hydroxylation sites is 1. The van der Waals surface area contributed by atoms with Gasteiger partial charge in [-0.25, -0.2) is 19.6 Å². The molecule has 1 atom stereocenters. The van der Waals surface area contributed by atoms with Gasteiger partial charge in [0.05, 0.1) is 35.1 Å². The largest absolute Gasteiger partial charge is 0.462 e. The Morgan fingerprint density at radius 2 is 1.83 bits per heavy atom. The zero-order valence-corrected chi connectivity index (χ0v) is 25.4. The highest BCUT2D eigenvalue weighted by Crippen LogP contribution is 2.36. The van der Waals surface area contributed by atoms with Gasteiger partial charge in [-0.1, -0.05) is 12.1 Å². The first-order valence-corrected chi connectivity index (χ1v) is 14.3. The van der Waals surface area contributed by atoms with E-state index in [2.05, 4.69) is 36.4 Å². The van der Waals surface area contributed by atoms with Gasteiger partial charge in [0.25, 0.3) is 0 Å². The molecule has 0 bridgehead atoms. The molecule has 1 saturated heterocycles. The number of alkyl carbamates (subject to hydrolysis) is 1. The maximum Gasteiger partial charge on any atom is 0.408 e. The average molecular weight is 566 g/mol. The number of aromatic amines is 1. The van der Waals surface area contributed by atoms with Gasteiger partial charge < -0.3 is 29.8 Å². The zero-order valence-electron chi connectivity index (χ0n) is 25.4. The van der Waals surface area contributed by atoms with E-state index in [0.717, 1.165) is 29.6 Å². The first kappa shape index (κ1) is 30.3. The van der Waals surface area contributed by atoms with Crippen LogP contribution < -0.4 is 10.6 Å². The summed E-state index contributed by atoms with van der Waals surface area (Å²) in [6, 6.07) is 7.04. The minimum absolute atomic E-state index is 0.0218. The maximum atomic E-state index is 13.3. The highest BCUT2D eigenvalue weighted by Gasteiger charge is 2.34. The quantitative estimate of drug-likeness (QED) is 0.284. The Labute approximate surface area is 242 Å². The molecule has 1 aromatic carbocycles. The van der Waals surface area contributed by atoms with E-state index in [1.54, 1.807) is 13.0 Å². The van der Waals surface area contributed by atoms with Crippen molar-refractivity contribution in [3.63, 3.8) is 0 Å². The van der Waals surface area contributed by atoms with E-state index in [1.165, 1.54) is 0 Å². The summed E-state index contributed by atoms with van der Waals surface area (Å²) in [6.07, 6.45) is 0.889. The van der Waals surface area contributed by atoms with Crippen LogP contribution in [0.1, 0.15) is 89.1 Å². The van der Waals surface area contributed by atoms with Crippen LogP contribution in [-0.4, -0.2) is 58.0 Å². The van der Waals surface area contributed by atoms with Crippen molar-refractivity contribution in [1.29, 1.82) is 0 Å². The van der Waals surface area contributed by atoms with Crippen LogP contribution in [0.2, 0.25) is 0 Å². The number of fused-ring (bicyclic) bond motifs is 1. The maximum absolute atomic E-state index is 13.3. The number of aryl methyl sites for hydroxylation is 1. The average Bonchev–Trinajstić information content (AvgIpc) is 3.31. The van der Waals surface area contributed by atoms with Gasteiger partial charge in [-0.3, -0.25) is 0 Å². The SMILES string of the molecule is CCOC(=O)c1cc(-c2cccc3nc(C)c(NC(C)(C)C)nc23)[nH]c1C(NC(=O)OC(C)(C)C)C1CCOCC1. The van der Waals surface area contributed by atoms with Gasteiger partial charge >= 0.3 is 12.1 Å². The summed E-state index contributed by atoms with van der Waals surface area (Å²) in [5, 5.41) is 6.49. The van der Waals surface area contributed by atoms with Crippen molar-refractivity contribution in [3.8, 4) is 11.3 Å². The van der Waals surface area contributed by atoms with Gasteiger partial charge in [-0.05, 0) is 86.3 Å². The van der Waals surface area contributed by atoms with Gasteiger partial charge in [0.15, 0.2) is 0 Å². The van der Waals surface area contributed by atoms with Gasteiger partial charge in [0.1, 0.15) is 16.9 Å². The van der Waals surface area contributed by atoms with Crippen molar-refractivity contribution >= 4 is 28.9 Å². The topological polar surface area (TPSA) is 127 Å². The molecular weight excluding hydrogens is 522 g/mol. The van der Waals surface area contributed by atoms with Crippen LogP contribution in [0.25, 0.3) is 22.3 Å². The molecule has 1 amide bonds. The van der Waals surface area contributed by atoms with Crippen LogP contribution in [0, 0.1) is 12.8 Å². The summed E-state index contributed by atoms with van der Waals surface area (Å²) in [4.78, 5) is 39.5. The van der Waals surface area contributed by atoms with Crippen molar-refractivity contribution in [2.45, 2.75) is 85.4 Å². The predicted octanol–water partition coefficient (Wildman–Crippen LogP) is 6.31. The monoisotopic (exact) mass is 565 g/mol. The smallest absolute Gasteiger partial charge is 0.408 e. The number of benzene rings is 1. The fraction of sp³-hybridized carbons (Fsp3) is 0.548. The summed E-state index contributed by atoms with van der Waals surface area (Å²) in [7, 11) is 0. The normalized spacial score (nSPS) is 15.4. The minimum Gasteiger partial charge on any atom is -0.462 e. The first-order valence-electron chi connectivity index (χ1n) is 14.3. The van der Waals surface area contributed by atoms with Crippen LogP contribution in [0.5, 0.6) is 0 Å². The number of carbonyl (C=O) groups excluding carboxylic acids is 2. The first-order chi connectivity index (χ1) is 19.3. The Morgan fingerprint density at radius 1 is 1.12 bits per heavy atom. The van der Waals surface area contributed by atoms with Gasteiger partial charge in [0.2, 0.25) is 0 Å². The fourth-order valence-corrected chi connectivity index (χ4v) is 5.00. The number of nitrogens with one attached hydrogen (secondary N) is 3. The lowest BCUT2D eigenvalue weighted by atomic mass is 9.88. The Morgan fingerprint density at radius 3 is 2.46 bits per heavy atom. The van der Waals surface area contributed by atoms with Crippen LogP contribution in [0.4, 0.5) is 10.6 Å². The Kier molecular flexibility index (Phi) is 8.91. The Bertz CT molecular complexity index is 1400. The number of nitrogens with zero attached hydrogens (tertiary/aromatic N) is 2. The van der Waals surface area contributed by atoms with Gasteiger partial charge in [-0.2, -0.15) is 0 Å². The summed E-state index contributed by atoms with van der Waals surface area (Å²) in [5.41, 5.74) is 3.74. The van der Waals surface area contributed by atoms with Crippen LogP contribution in [0.15, 0.2) is 24.3 Å². The molecule has 3 aromatic rings. The number of hydrogen-bond acceptors (Lipinski definition) is 8. The third-order valence-corrected chi connectivity index (χ3v) is 6.72. The third-order valence-electron chi connectivity index (χ3n) is 6.72. The van der Waals surface area contributed by atoms with Crippen LogP contribution in [0.3, 0.4) is 0 Å². The molecule has 1 unspecified atom stereocenters. The Hall–Kier alpha value is -3.66. The molecule has 1 aliphatic heterocycles. The van der Waals surface area contributed by atoms with E-state index in [0.29, 0.717) is 41.5 Å². The predicted molar refractivity (Wildman–Crippen MR) is 159 cm³/mol. The lowest BCUT2D eigenvalue weighted by Crippen LogP contribution is -2.40. The zero-order chi connectivity index (χ0) is 29.9. The molecule has 0 radical (unpaired) electrons. The van der Waals surface area contributed by atoms with Crippen molar-refractivity contribution in [1.82, 2.24) is 20.3 Å². The Balaban J connectivity index is 1.85. The van der Waals surface area contributed by atoms with E-state index >= 15 is 0 Å². The summed E-state index contributed by atoms with van der Waals surface area (Å²) in [6.45, 7) is 16.7. The number of anilines is 1. The molecule has 4 rings (SSSR count). The van der Waals surface area contributed by atoms with Crippen molar-refractivity contribution in [2.24, 2.45) is 5.92 Å². The molecule has 1 aliphatic rings. The molecule has 1 fully saturated rings. The summed E-state index contributed by atoms with van der Waals surface area (Å²) < 4.78 is 16.7. The number of aromatic nitrogens is 3. The van der Waals surface area contributed by atoms with Crippen LogP contribution in [-0.2, 0) is 14.2 Å². The van der Waals surface area contributed by atoms with E-state index in [-0.39, 0.29) is 18.1 Å². The van der Waals surface area contributed by atoms with E-state index < -0.39 is 23.7 Å². The number of carbonyl (C=O) groups is 2. The molecule has 0 aliphatic carbocycles. The van der Waals surface area contributed by atoms with Crippen molar-refractivity contribution in [2.75, 3.05) is 25.1 Å². The van der Waals surface area contributed by atoms with Gasteiger partial charge in [-0.15, -0.1) is 0 Å². The lowest BCUT2D eigenvalue weighted by Gasteiger charge is -2.32. The third kappa shape index (κ3) is 7.55. The summed E-state index contributed by atoms with van der Waals surface area (Å²) >= 11 is 0. The molecular formula is C31H43N5O5. The molecule has 0 saturated carbocycles. The molecule has 222 valence electrons. The van der Waals surface area contributed by atoms with E-state index in [4.69, 9.17) is 24.2 Å². The minimum atomic E-state index is -0.673. The number of ether oxygens (including phenoxy) is 3. The number of H-pyrrole nitrogens is 1. The number of rotatable bonds is 7. The van der Waals surface area contributed by atoms with Gasteiger partial charge in [0, 0.05) is 30.0 Å². The number of hydrogen-bond donors (Lipinski definition) is 3. The molecule has 10 nitrogen and oxygen atoms in total. The standard InChI is InChI=1S/C31H43N5O5/c1-9-40-28(37)21-17-23(20-11-10-12-22-25(20)34-27(18(2)32-22)36-30(3,4)5)33-26(21)24(19-13-15-39-16-14-19)35-29(38)41-31(6,7)8/h10-12,17,19,24,33H,9,13-16H2,1-8H3,(H,34,36)(H,35,38). The second kappa shape index (κ2) is 12.1. The van der Waals surface area contributed by atoms with Crippen LogP contribution >= 0.6 is 0 Å². The van der Waals surface area contributed by atoms with E-state index in [1.807, 2.05) is 45.9 Å². The molecule has 10 heteroatoms. The fourth-order valence-electron chi connectivity index (χ4n) is 5.00. The van der Waals surface area contributed by atoms with Crippen molar-refractivity contribution < 1.29 is 23.8 Å². The molecule has 2 aromatic heterocycles. The second-order valence-electron chi connectivity index (χ2n) is 12.5. The molecule has 41 heavy (non-hydrogen) atoms. The molecule has 0 spiro atoms. The van der Waals surface area contributed by atoms with Crippen molar-refractivity contribution in [3.05, 3.63) is 41.2 Å². The summed E-state index contributed by atoms with van der Waals surface area (Å²) in [5.74, 6) is 0.250. The highest BCUT2D eigenvalue weighted by atomic mass is 16.6. The lowest BCUT2D eigenvalue weighted by molar-refractivity contribution is 0.0337. The van der Waals surface area contributed by atoms with E-state index in [9.17, 15) is 9.59 Å². The number of amides is 1. The second-order valence-corrected chi connectivity index (χ2v) is 12.5.